The van der Waals surface area contributed by atoms with Crippen molar-refractivity contribution >= 4 is 22.6 Å². The molecule has 3 heterocycles. The lowest BCUT2D eigenvalue weighted by molar-refractivity contribution is 0.0700. The van der Waals surface area contributed by atoms with E-state index in [0.29, 0.717) is 51.5 Å². The second kappa shape index (κ2) is 6.24. The van der Waals surface area contributed by atoms with Crippen molar-refractivity contribution in [2.45, 2.75) is 31.3 Å². The van der Waals surface area contributed by atoms with E-state index in [1.165, 1.54) is 6.42 Å². The van der Waals surface area contributed by atoms with E-state index >= 15 is 0 Å². The van der Waals surface area contributed by atoms with Crippen LogP contribution in [0.15, 0.2) is 0 Å². The third-order valence-corrected chi connectivity index (χ3v) is 6.11. The number of nitrogens with one attached hydrogen (secondary N) is 1. The maximum atomic E-state index is 12.5. The minimum Gasteiger partial charge on any atom is -0.379 e. The summed E-state index contributed by atoms with van der Waals surface area (Å²) in [6.07, 6.45) is 3.22. The standard InChI is InChI=1S/C11H21N3O3S.ClH/c15-18(16,13-5-7-17-8-6-13)14-4-3-10-1-2-11(9-14)12-10;/h10-12H,1-9H2;1H. The number of nitrogens with zero attached hydrogens (tertiary/aromatic N) is 2. The first kappa shape index (κ1) is 15.5. The highest BCUT2D eigenvalue weighted by Crippen LogP contribution is 2.23. The van der Waals surface area contributed by atoms with Crippen LogP contribution in [-0.4, -0.2) is 68.5 Å². The number of morpholine rings is 1. The SMILES string of the molecule is Cl.O=S(=O)(N1CCOCC1)N1CCC2CCC(C1)N2. The topological polar surface area (TPSA) is 61.9 Å². The van der Waals surface area contributed by atoms with Gasteiger partial charge in [-0.05, 0) is 19.3 Å². The molecule has 2 bridgehead atoms. The molecule has 0 aromatic rings. The average Bonchev–Trinajstić information content (AvgIpc) is 2.69. The molecule has 1 N–H and O–H groups in total. The van der Waals surface area contributed by atoms with Gasteiger partial charge in [-0.3, -0.25) is 0 Å². The minimum absolute atomic E-state index is 0. The zero-order chi connectivity index (χ0) is 12.6. The smallest absolute Gasteiger partial charge is 0.282 e. The van der Waals surface area contributed by atoms with Crippen LogP contribution in [0.3, 0.4) is 0 Å². The molecular weight excluding hydrogens is 290 g/mol. The molecule has 3 fully saturated rings. The van der Waals surface area contributed by atoms with Crippen molar-refractivity contribution in [3.05, 3.63) is 0 Å². The van der Waals surface area contributed by atoms with Gasteiger partial charge in [0.1, 0.15) is 0 Å². The summed E-state index contributed by atoms with van der Waals surface area (Å²) in [5, 5.41) is 3.51. The zero-order valence-electron chi connectivity index (χ0n) is 11.0. The lowest BCUT2D eigenvalue weighted by atomic mass is 10.1. The number of hydrogen-bond acceptors (Lipinski definition) is 4. The molecular formula is C11H22ClN3O3S. The maximum Gasteiger partial charge on any atom is 0.282 e. The van der Waals surface area contributed by atoms with E-state index in [2.05, 4.69) is 5.32 Å². The lowest BCUT2D eigenvalue weighted by Crippen LogP contribution is -2.50. The summed E-state index contributed by atoms with van der Waals surface area (Å²) in [4.78, 5) is 0. The van der Waals surface area contributed by atoms with Gasteiger partial charge in [-0.25, -0.2) is 0 Å². The molecule has 0 aromatic heterocycles. The number of rotatable bonds is 2. The molecule has 0 aromatic carbocycles. The van der Waals surface area contributed by atoms with E-state index in [0.717, 1.165) is 12.8 Å². The molecule has 19 heavy (non-hydrogen) atoms. The van der Waals surface area contributed by atoms with Crippen LogP contribution in [0.4, 0.5) is 0 Å². The molecule has 0 radical (unpaired) electrons. The first-order valence-electron chi connectivity index (χ1n) is 6.75. The van der Waals surface area contributed by atoms with Crippen LogP contribution >= 0.6 is 12.4 Å². The van der Waals surface area contributed by atoms with E-state index in [1.54, 1.807) is 8.61 Å². The number of halogens is 1. The van der Waals surface area contributed by atoms with Crippen LogP contribution in [0, 0.1) is 0 Å². The molecule has 0 spiro atoms. The molecule has 2 unspecified atom stereocenters. The predicted molar refractivity (Wildman–Crippen MR) is 74.7 cm³/mol. The summed E-state index contributed by atoms with van der Waals surface area (Å²) in [5.74, 6) is 0. The summed E-state index contributed by atoms with van der Waals surface area (Å²) in [6, 6.07) is 0.855. The van der Waals surface area contributed by atoms with E-state index in [-0.39, 0.29) is 12.4 Å². The molecule has 8 heteroatoms. The summed E-state index contributed by atoms with van der Waals surface area (Å²) >= 11 is 0. The molecule has 3 aliphatic heterocycles. The van der Waals surface area contributed by atoms with Crippen molar-refractivity contribution in [2.75, 3.05) is 39.4 Å². The van der Waals surface area contributed by atoms with Crippen LogP contribution in [0.5, 0.6) is 0 Å². The Morgan fingerprint density at radius 1 is 0.947 bits per heavy atom. The number of ether oxygens (including phenoxy) is 1. The normalized spacial score (nSPS) is 33.7. The van der Waals surface area contributed by atoms with Crippen molar-refractivity contribution < 1.29 is 13.2 Å². The fourth-order valence-electron chi connectivity index (χ4n) is 3.06. The molecule has 0 amide bonds. The highest BCUT2D eigenvalue weighted by molar-refractivity contribution is 7.86. The summed E-state index contributed by atoms with van der Waals surface area (Å²) in [5.41, 5.74) is 0. The van der Waals surface area contributed by atoms with Gasteiger partial charge in [0.2, 0.25) is 0 Å². The van der Waals surface area contributed by atoms with Crippen LogP contribution in [-0.2, 0) is 14.9 Å². The molecule has 3 rings (SSSR count). The fraction of sp³-hybridized carbons (Fsp3) is 1.00. The van der Waals surface area contributed by atoms with Crippen LogP contribution in [0.1, 0.15) is 19.3 Å². The van der Waals surface area contributed by atoms with Crippen molar-refractivity contribution in [2.24, 2.45) is 0 Å². The summed E-state index contributed by atoms with van der Waals surface area (Å²) in [7, 11) is -3.28. The molecule has 0 aliphatic carbocycles. The second-order valence-corrected chi connectivity index (χ2v) is 7.23. The van der Waals surface area contributed by atoms with Crippen molar-refractivity contribution in [3.63, 3.8) is 0 Å². The van der Waals surface area contributed by atoms with Gasteiger partial charge in [-0.15, -0.1) is 12.4 Å². The molecule has 3 aliphatic rings. The first-order chi connectivity index (χ1) is 8.66. The third-order valence-electron chi connectivity index (χ3n) is 4.11. The van der Waals surface area contributed by atoms with Crippen LogP contribution < -0.4 is 5.32 Å². The Morgan fingerprint density at radius 2 is 1.63 bits per heavy atom. The van der Waals surface area contributed by atoms with Crippen LogP contribution in [0.2, 0.25) is 0 Å². The molecule has 6 nitrogen and oxygen atoms in total. The third kappa shape index (κ3) is 3.22. The molecule has 3 saturated heterocycles. The summed E-state index contributed by atoms with van der Waals surface area (Å²) < 4.78 is 33.5. The molecule has 112 valence electrons. The monoisotopic (exact) mass is 311 g/mol. The van der Waals surface area contributed by atoms with Gasteiger partial charge in [0.25, 0.3) is 10.2 Å². The quantitative estimate of drug-likeness (QED) is 0.768. The lowest BCUT2D eigenvalue weighted by Gasteiger charge is -2.32. The Morgan fingerprint density at radius 3 is 2.37 bits per heavy atom. The molecule has 0 saturated carbocycles. The van der Waals surface area contributed by atoms with Gasteiger partial charge in [0, 0.05) is 38.3 Å². The number of fused-ring (bicyclic) bond motifs is 2. The van der Waals surface area contributed by atoms with E-state index in [1.807, 2.05) is 0 Å². The Balaban J connectivity index is 0.00000133. The highest BCUT2D eigenvalue weighted by atomic mass is 35.5. The van der Waals surface area contributed by atoms with Gasteiger partial charge in [-0.2, -0.15) is 17.0 Å². The fourth-order valence-corrected chi connectivity index (χ4v) is 4.70. The number of hydrogen-bond donors (Lipinski definition) is 1. The van der Waals surface area contributed by atoms with E-state index in [9.17, 15) is 8.42 Å². The first-order valence-corrected chi connectivity index (χ1v) is 8.15. The maximum absolute atomic E-state index is 12.5. The van der Waals surface area contributed by atoms with Gasteiger partial charge < -0.3 is 10.1 Å². The Hall–Kier alpha value is 0.0800. The highest BCUT2D eigenvalue weighted by Gasteiger charge is 2.37. The summed E-state index contributed by atoms with van der Waals surface area (Å²) in [6.45, 7) is 3.26. The van der Waals surface area contributed by atoms with Crippen molar-refractivity contribution in [1.29, 1.82) is 0 Å². The van der Waals surface area contributed by atoms with Gasteiger partial charge in [-0.1, -0.05) is 0 Å². The average molecular weight is 312 g/mol. The van der Waals surface area contributed by atoms with Crippen molar-refractivity contribution in [1.82, 2.24) is 13.9 Å². The Kier molecular flexibility index (Phi) is 5.08. The Labute approximate surface area is 121 Å². The predicted octanol–water partition coefficient (Wildman–Crippen LogP) is -0.188. The molecule has 2 atom stereocenters. The minimum atomic E-state index is -3.28. The second-order valence-electron chi connectivity index (χ2n) is 5.30. The van der Waals surface area contributed by atoms with E-state index < -0.39 is 10.2 Å². The van der Waals surface area contributed by atoms with Crippen molar-refractivity contribution in [3.8, 4) is 0 Å². The Bertz CT molecular complexity index is 400. The van der Waals surface area contributed by atoms with E-state index in [4.69, 9.17) is 4.74 Å². The van der Waals surface area contributed by atoms with Gasteiger partial charge >= 0.3 is 0 Å². The van der Waals surface area contributed by atoms with Gasteiger partial charge in [0.05, 0.1) is 13.2 Å². The zero-order valence-corrected chi connectivity index (χ0v) is 12.6. The van der Waals surface area contributed by atoms with Gasteiger partial charge in [0.15, 0.2) is 0 Å². The van der Waals surface area contributed by atoms with Crippen LogP contribution in [0.25, 0.3) is 0 Å². The largest absolute Gasteiger partial charge is 0.379 e.